The summed E-state index contributed by atoms with van der Waals surface area (Å²) in [7, 11) is -0.356. The van der Waals surface area contributed by atoms with Gasteiger partial charge in [-0.3, -0.25) is 0 Å². The van der Waals surface area contributed by atoms with Gasteiger partial charge in [0.2, 0.25) is 0 Å². The lowest BCUT2D eigenvalue weighted by molar-refractivity contribution is 0.00578. The smallest absolute Gasteiger partial charge is 0.399 e. The SMILES string of the molecule is CC1(C)OB(c2cc3ccccc3c3sc4ccccc4c23)OC1(C)C. The van der Waals surface area contributed by atoms with E-state index in [1.807, 2.05) is 11.3 Å². The number of rotatable bonds is 1. The van der Waals surface area contributed by atoms with Crippen LogP contribution < -0.4 is 5.46 Å². The van der Waals surface area contributed by atoms with Crippen molar-refractivity contribution < 1.29 is 9.31 Å². The number of hydrogen-bond acceptors (Lipinski definition) is 3. The molecule has 0 spiro atoms. The number of hydrogen-bond donors (Lipinski definition) is 0. The molecule has 1 aromatic heterocycles. The molecule has 4 aromatic rings. The molecule has 0 atom stereocenters. The predicted molar refractivity (Wildman–Crippen MR) is 113 cm³/mol. The Kier molecular flexibility index (Phi) is 3.34. The van der Waals surface area contributed by atoms with Gasteiger partial charge >= 0.3 is 7.12 Å². The molecule has 4 heteroatoms. The summed E-state index contributed by atoms with van der Waals surface area (Å²) in [4.78, 5) is 0. The van der Waals surface area contributed by atoms with Gasteiger partial charge in [-0.05, 0) is 55.4 Å². The summed E-state index contributed by atoms with van der Waals surface area (Å²) in [5.74, 6) is 0. The number of fused-ring (bicyclic) bond motifs is 5. The fourth-order valence-electron chi connectivity index (χ4n) is 3.75. The van der Waals surface area contributed by atoms with Crippen molar-refractivity contribution in [3.05, 3.63) is 54.6 Å². The highest BCUT2D eigenvalue weighted by Gasteiger charge is 2.52. The molecule has 3 aromatic carbocycles. The van der Waals surface area contributed by atoms with Gasteiger partial charge in [-0.1, -0.05) is 48.5 Å². The van der Waals surface area contributed by atoms with Crippen molar-refractivity contribution in [1.29, 1.82) is 0 Å². The van der Waals surface area contributed by atoms with Gasteiger partial charge in [0, 0.05) is 14.8 Å². The molecule has 1 fully saturated rings. The summed E-state index contributed by atoms with van der Waals surface area (Å²) in [5, 5.41) is 5.08. The molecule has 2 nitrogen and oxygen atoms in total. The molecule has 5 rings (SSSR count). The van der Waals surface area contributed by atoms with Crippen molar-refractivity contribution in [3.63, 3.8) is 0 Å². The number of benzene rings is 3. The number of thiophene rings is 1. The van der Waals surface area contributed by atoms with E-state index in [9.17, 15) is 0 Å². The lowest BCUT2D eigenvalue weighted by atomic mass is 9.75. The Bertz CT molecular complexity index is 1140. The standard InChI is InChI=1S/C22H21BO2S/c1-21(2)22(3,4)25-23(24-21)17-13-14-9-5-6-10-15(14)20-19(17)16-11-7-8-12-18(16)26-20/h5-13H,1-4H3. The Hall–Kier alpha value is -1.88. The fourth-order valence-corrected chi connectivity index (χ4v) is 5.02. The zero-order chi connectivity index (χ0) is 18.1. The summed E-state index contributed by atoms with van der Waals surface area (Å²) in [6.07, 6.45) is 0. The molecule has 0 saturated carbocycles. The first kappa shape index (κ1) is 16.3. The van der Waals surface area contributed by atoms with E-state index in [0.717, 1.165) is 5.46 Å². The summed E-state index contributed by atoms with van der Waals surface area (Å²) < 4.78 is 15.4. The molecule has 26 heavy (non-hydrogen) atoms. The summed E-state index contributed by atoms with van der Waals surface area (Å²) in [6, 6.07) is 19.5. The van der Waals surface area contributed by atoms with Gasteiger partial charge in [0.05, 0.1) is 11.2 Å². The Morgan fingerprint density at radius 1 is 0.808 bits per heavy atom. The van der Waals surface area contributed by atoms with Gasteiger partial charge < -0.3 is 9.31 Å². The van der Waals surface area contributed by atoms with Crippen molar-refractivity contribution in [1.82, 2.24) is 0 Å². The molecule has 130 valence electrons. The molecule has 0 N–H and O–H groups in total. The molecular formula is C22H21BO2S. The first-order valence-corrected chi connectivity index (χ1v) is 9.88. The molecule has 0 bridgehead atoms. The zero-order valence-electron chi connectivity index (χ0n) is 15.5. The van der Waals surface area contributed by atoms with Crippen molar-refractivity contribution >= 4 is 54.9 Å². The fraction of sp³-hybridized carbons (Fsp3) is 0.273. The van der Waals surface area contributed by atoms with Gasteiger partial charge in [0.25, 0.3) is 0 Å². The molecular weight excluding hydrogens is 339 g/mol. The largest absolute Gasteiger partial charge is 0.495 e. The lowest BCUT2D eigenvalue weighted by Gasteiger charge is -2.32. The van der Waals surface area contributed by atoms with Crippen LogP contribution in [0.4, 0.5) is 0 Å². The van der Waals surface area contributed by atoms with Gasteiger partial charge in [0.15, 0.2) is 0 Å². The van der Waals surface area contributed by atoms with E-state index >= 15 is 0 Å². The van der Waals surface area contributed by atoms with Crippen LogP contribution in [0.3, 0.4) is 0 Å². The normalized spacial score (nSPS) is 19.0. The first-order valence-electron chi connectivity index (χ1n) is 9.06. The topological polar surface area (TPSA) is 18.5 Å². The van der Waals surface area contributed by atoms with Crippen LogP contribution in [-0.4, -0.2) is 18.3 Å². The average Bonchev–Trinajstić information content (AvgIpc) is 3.09. The van der Waals surface area contributed by atoms with Crippen molar-refractivity contribution in [2.75, 3.05) is 0 Å². The summed E-state index contributed by atoms with van der Waals surface area (Å²) >= 11 is 1.85. The van der Waals surface area contributed by atoms with Crippen molar-refractivity contribution in [2.24, 2.45) is 0 Å². The minimum Gasteiger partial charge on any atom is -0.399 e. The van der Waals surface area contributed by atoms with Crippen LogP contribution in [0.5, 0.6) is 0 Å². The second-order valence-electron chi connectivity index (χ2n) is 8.08. The Morgan fingerprint density at radius 3 is 2.15 bits per heavy atom. The molecule has 2 heterocycles. The summed E-state index contributed by atoms with van der Waals surface area (Å²) in [6.45, 7) is 8.43. The molecule has 0 aliphatic carbocycles. The zero-order valence-corrected chi connectivity index (χ0v) is 16.3. The molecule has 0 radical (unpaired) electrons. The molecule has 0 unspecified atom stereocenters. The molecule has 0 amide bonds. The van der Waals surface area contributed by atoms with E-state index in [-0.39, 0.29) is 18.3 Å². The highest BCUT2D eigenvalue weighted by Crippen LogP contribution is 2.41. The lowest BCUT2D eigenvalue weighted by Crippen LogP contribution is -2.41. The quantitative estimate of drug-likeness (QED) is 0.417. The third-order valence-corrected chi connectivity index (χ3v) is 7.11. The monoisotopic (exact) mass is 360 g/mol. The average molecular weight is 360 g/mol. The van der Waals surface area contributed by atoms with Gasteiger partial charge in [-0.15, -0.1) is 11.3 Å². The second-order valence-corrected chi connectivity index (χ2v) is 9.13. The third-order valence-electron chi connectivity index (χ3n) is 5.91. The molecule has 1 saturated heterocycles. The van der Waals surface area contributed by atoms with E-state index in [2.05, 4.69) is 82.3 Å². The Balaban J connectivity index is 1.87. The van der Waals surface area contributed by atoms with Crippen molar-refractivity contribution in [3.8, 4) is 0 Å². The van der Waals surface area contributed by atoms with E-state index in [0.29, 0.717) is 0 Å². The van der Waals surface area contributed by atoms with E-state index in [1.165, 1.54) is 30.9 Å². The van der Waals surface area contributed by atoms with E-state index in [1.54, 1.807) is 0 Å². The van der Waals surface area contributed by atoms with Crippen LogP contribution in [0.1, 0.15) is 27.7 Å². The van der Waals surface area contributed by atoms with Crippen LogP contribution >= 0.6 is 11.3 Å². The van der Waals surface area contributed by atoms with E-state index < -0.39 is 0 Å². The van der Waals surface area contributed by atoms with Crippen LogP contribution in [0, 0.1) is 0 Å². The Morgan fingerprint density at radius 2 is 1.42 bits per heavy atom. The van der Waals surface area contributed by atoms with E-state index in [4.69, 9.17) is 9.31 Å². The van der Waals surface area contributed by atoms with Crippen LogP contribution in [0.2, 0.25) is 0 Å². The van der Waals surface area contributed by atoms with Gasteiger partial charge in [-0.25, -0.2) is 0 Å². The first-order chi connectivity index (χ1) is 12.4. The molecule has 1 aliphatic rings. The maximum absolute atomic E-state index is 6.41. The van der Waals surface area contributed by atoms with Crippen LogP contribution in [-0.2, 0) is 9.31 Å². The van der Waals surface area contributed by atoms with Crippen LogP contribution in [0.15, 0.2) is 54.6 Å². The van der Waals surface area contributed by atoms with Crippen molar-refractivity contribution in [2.45, 2.75) is 38.9 Å². The maximum Gasteiger partial charge on any atom is 0.495 e. The van der Waals surface area contributed by atoms with Gasteiger partial charge in [0.1, 0.15) is 0 Å². The predicted octanol–water partition coefficient (Wildman–Crippen LogP) is 5.51. The maximum atomic E-state index is 6.41. The Labute approximate surface area is 157 Å². The van der Waals surface area contributed by atoms with Crippen LogP contribution in [0.25, 0.3) is 30.9 Å². The highest BCUT2D eigenvalue weighted by atomic mass is 32.1. The second kappa shape index (κ2) is 5.32. The van der Waals surface area contributed by atoms with Gasteiger partial charge in [-0.2, -0.15) is 0 Å². The minimum atomic E-state index is -0.356. The highest BCUT2D eigenvalue weighted by molar-refractivity contribution is 7.27. The third kappa shape index (κ3) is 2.19. The minimum absolute atomic E-state index is 0.346. The molecule has 1 aliphatic heterocycles. The summed E-state index contributed by atoms with van der Waals surface area (Å²) in [5.41, 5.74) is 0.443.